The molecule has 0 saturated heterocycles. The second-order valence-electron chi connectivity index (χ2n) is 5.07. The molecule has 0 aliphatic heterocycles. The van der Waals surface area contributed by atoms with Gasteiger partial charge in [-0.25, -0.2) is 12.8 Å². The van der Waals surface area contributed by atoms with E-state index in [9.17, 15) is 12.8 Å². The van der Waals surface area contributed by atoms with Crippen LogP contribution in [-0.4, -0.2) is 25.8 Å². The summed E-state index contributed by atoms with van der Waals surface area (Å²) in [7, 11) is -2.32. The smallest absolute Gasteiger partial charge is 0.207 e. The van der Waals surface area contributed by atoms with Gasteiger partial charge >= 0.3 is 0 Å². The zero-order chi connectivity index (χ0) is 14.8. The van der Waals surface area contributed by atoms with Crippen molar-refractivity contribution in [2.45, 2.75) is 38.1 Å². The average Bonchev–Trinajstić information content (AvgIpc) is 2.30. The minimum Gasteiger partial charge on any atom is -0.207 e. The second-order valence-corrected chi connectivity index (χ2v) is 7.96. The highest BCUT2D eigenvalue weighted by Crippen LogP contribution is 2.25. The molecule has 0 spiro atoms. The first-order chi connectivity index (χ1) is 8.66. The number of hydrogen-bond donors (Lipinski definition) is 0. The van der Waals surface area contributed by atoms with Crippen LogP contribution in [0, 0.1) is 11.7 Å². The zero-order valence-corrected chi connectivity index (χ0v) is 13.9. The summed E-state index contributed by atoms with van der Waals surface area (Å²) in [4.78, 5) is -0.292. The molecular formula is C13H19BrFNO2S. The summed E-state index contributed by atoms with van der Waals surface area (Å²) < 4.78 is 40.3. The van der Waals surface area contributed by atoms with Gasteiger partial charge < -0.3 is 0 Å². The molecular weight excluding hydrogens is 333 g/mol. The van der Waals surface area contributed by atoms with Crippen molar-refractivity contribution in [3.8, 4) is 0 Å². The minimum atomic E-state index is -3.81. The lowest BCUT2D eigenvalue weighted by Gasteiger charge is -2.25. The van der Waals surface area contributed by atoms with Crippen molar-refractivity contribution >= 4 is 26.0 Å². The molecule has 19 heavy (non-hydrogen) atoms. The number of nitrogens with zero attached hydrogens (tertiary/aromatic N) is 1. The van der Waals surface area contributed by atoms with E-state index in [2.05, 4.69) is 15.9 Å². The number of hydrogen-bond acceptors (Lipinski definition) is 2. The summed E-state index contributed by atoms with van der Waals surface area (Å²) in [6.07, 6.45) is 0.728. The topological polar surface area (TPSA) is 37.4 Å². The van der Waals surface area contributed by atoms with E-state index in [1.165, 1.54) is 23.5 Å². The minimum absolute atomic E-state index is 0.177. The van der Waals surface area contributed by atoms with Gasteiger partial charge in [-0.15, -0.1) is 0 Å². The summed E-state index contributed by atoms with van der Waals surface area (Å²) in [5.74, 6) is -0.355. The van der Waals surface area contributed by atoms with Crippen molar-refractivity contribution in [3.63, 3.8) is 0 Å². The van der Waals surface area contributed by atoms with Gasteiger partial charge in [-0.2, -0.15) is 4.31 Å². The number of rotatable bonds is 5. The van der Waals surface area contributed by atoms with E-state index in [0.29, 0.717) is 10.4 Å². The number of sulfonamides is 1. The van der Waals surface area contributed by atoms with Gasteiger partial charge in [0, 0.05) is 17.6 Å². The SMILES string of the molecule is CC(C)CC(C)N(C)S(=O)(=O)c1cc(Br)ccc1F. The molecule has 108 valence electrons. The summed E-state index contributed by atoms with van der Waals surface area (Å²) >= 11 is 3.17. The van der Waals surface area contributed by atoms with Crippen LogP contribution < -0.4 is 0 Å². The Morgan fingerprint density at radius 2 is 1.89 bits per heavy atom. The highest BCUT2D eigenvalue weighted by Gasteiger charge is 2.28. The molecule has 0 saturated carbocycles. The Labute approximate surface area is 123 Å². The summed E-state index contributed by atoms with van der Waals surface area (Å²) in [5, 5.41) is 0. The maximum atomic E-state index is 13.7. The Kier molecular flexibility index (Phi) is 5.53. The van der Waals surface area contributed by atoms with Crippen molar-refractivity contribution in [3.05, 3.63) is 28.5 Å². The van der Waals surface area contributed by atoms with Crippen LogP contribution in [0.5, 0.6) is 0 Å². The van der Waals surface area contributed by atoms with E-state index in [0.717, 1.165) is 12.5 Å². The van der Waals surface area contributed by atoms with Crippen molar-refractivity contribution < 1.29 is 12.8 Å². The first kappa shape index (κ1) is 16.6. The van der Waals surface area contributed by atoms with E-state index in [-0.39, 0.29) is 10.9 Å². The molecule has 0 amide bonds. The zero-order valence-electron chi connectivity index (χ0n) is 11.5. The molecule has 3 nitrogen and oxygen atoms in total. The number of halogens is 2. The highest BCUT2D eigenvalue weighted by molar-refractivity contribution is 9.10. The van der Waals surface area contributed by atoms with Crippen LogP contribution in [0.1, 0.15) is 27.2 Å². The monoisotopic (exact) mass is 351 g/mol. The van der Waals surface area contributed by atoms with Crippen molar-refractivity contribution in [2.75, 3.05) is 7.05 Å². The Morgan fingerprint density at radius 1 is 1.32 bits per heavy atom. The first-order valence-electron chi connectivity index (χ1n) is 6.09. The fourth-order valence-electron chi connectivity index (χ4n) is 1.90. The quantitative estimate of drug-likeness (QED) is 0.811. The lowest BCUT2D eigenvalue weighted by atomic mass is 10.1. The molecule has 6 heteroatoms. The third-order valence-electron chi connectivity index (χ3n) is 2.98. The van der Waals surface area contributed by atoms with Gasteiger partial charge in [-0.3, -0.25) is 0 Å². The number of benzene rings is 1. The van der Waals surface area contributed by atoms with Crippen molar-refractivity contribution in [1.82, 2.24) is 4.31 Å². The molecule has 0 heterocycles. The molecule has 1 atom stereocenters. The van der Waals surface area contributed by atoms with E-state index in [4.69, 9.17) is 0 Å². The average molecular weight is 352 g/mol. The molecule has 0 N–H and O–H groups in total. The summed E-state index contributed by atoms with van der Waals surface area (Å²) in [6, 6.07) is 3.75. The van der Waals surface area contributed by atoms with Crippen LogP contribution in [0.2, 0.25) is 0 Å². The molecule has 1 rings (SSSR count). The Bertz CT molecular complexity index is 546. The van der Waals surface area contributed by atoms with E-state index in [1.54, 1.807) is 0 Å². The maximum Gasteiger partial charge on any atom is 0.246 e. The van der Waals surface area contributed by atoms with Crippen molar-refractivity contribution in [2.24, 2.45) is 5.92 Å². The standard InChI is InChI=1S/C13H19BrFNO2S/c1-9(2)7-10(3)16(4)19(17,18)13-8-11(14)5-6-12(13)15/h5-6,8-10H,7H2,1-4H3. The molecule has 0 fully saturated rings. The highest BCUT2D eigenvalue weighted by atomic mass is 79.9. The van der Waals surface area contributed by atoms with Gasteiger partial charge in [0.25, 0.3) is 0 Å². The van der Waals surface area contributed by atoms with Gasteiger partial charge in [-0.1, -0.05) is 29.8 Å². The third-order valence-corrected chi connectivity index (χ3v) is 5.46. The van der Waals surface area contributed by atoms with Gasteiger partial charge in [0.05, 0.1) is 0 Å². The molecule has 0 radical (unpaired) electrons. The van der Waals surface area contributed by atoms with Gasteiger partial charge in [0.15, 0.2) is 0 Å². The first-order valence-corrected chi connectivity index (χ1v) is 8.32. The lowest BCUT2D eigenvalue weighted by Crippen LogP contribution is -2.36. The predicted octanol–water partition coefficient (Wildman–Crippen LogP) is 3.64. The summed E-state index contributed by atoms with van der Waals surface area (Å²) in [5.41, 5.74) is 0. The van der Waals surface area contributed by atoms with Crippen LogP contribution in [0.25, 0.3) is 0 Å². The van der Waals surface area contributed by atoms with E-state index < -0.39 is 15.8 Å². The predicted molar refractivity (Wildman–Crippen MR) is 78.0 cm³/mol. The van der Waals surface area contributed by atoms with Gasteiger partial charge in [0.2, 0.25) is 10.0 Å². The summed E-state index contributed by atoms with van der Waals surface area (Å²) in [6.45, 7) is 5.88. The molecule has 0 bridgehead atoms. The Balaban J connectivity index is 3.13. The van der Waals surface area contributed by atoms with Crippen LogP contribution >= 0.6 is 15.9 Å². The normalized spacial score (nSPS) is 14.1. The Hall–Kier alpha value is -0.460. The molecule has 0 aromatic heterocycles. The van der Waals surface area contributed by atoms with Crippen LogP contribution in [0.3, 0.4) is 0 Å². The third kappa shape index (κ3) is 4.00. The molecule has 1 aromatic carbocycles. The van der Waals surface area contributed by atoms with Crippen LogP contribution in [-0.2, 0) is 10.0 Å². The van der Waals surface area contributed by atoms with Gasteiger partial charge in [0.1, 0.15) is 10.7 Å². The largest absolute Gasteiger partial charge is 0.246 e. The van der Waals surface area contributed by atoms with Crippen LogP contribution in [0.4, 0.5) is 4.39 Å². The van der Waals surface area contributed by atoms with Crippen molar-refractivity contribution in [1.29, 1.82) is 0 Å². The second kappa shape index (κ2) is 6.33. The molecule has 0 aliphatic carbocycles. The van der Waals surface area contributed by atoms with Crippen LogP contribution in [0.15, 0.2) is 27.6 Å². The lowest BCUT2D eigenvalue weighted by molar-refractivity contribution is 0.336. The molecule has 1 aromatic rings. The molecule has 0 aliphatic rings. The fourth-order valence-corrected chi connectivity index (χ4v) is 3.87. The van der Waals surface area contributed by atoms with E-state index >= 15 is 0 Å². The Morgan fingerprint density at radius 3 is 2.42 bits per heavy atom. The van der Waals surface area contributed by atoms with Gasteiger partial charge in [-0.05, 0) is 37.5 Å². The maximum absolute atomic E-state index is 13.7. The fraction of sp³-hybridized carbons (Fsp3) is 0.538. The van der Waals surface area contributed by atoms with E-state index in [1.807, 2.05) is 20.8 Å². The molecule has 1 unspecified atom stereocenters.